The summed E-state index contributed by atoms with van der Waals surface area (Å²) >= 11 is 0. The summed E-state index contributed by atoms with van der Waals surface area (Å²) in [5.41, 5.74) is -0.318. The van der Waals surface area contributed by atoms with Gasteiger partial charge in [0, 0.05) is 30.8 Å². The molecule has 2 aromatic rings. The van der Waals surface area contributed by atoms with E-state index in [4.69, 9.17) is 5.11 Å². The predicted molar refractivity (Wildman–Crippen MR) is 85.9 cm³/mol. The van der Waals surface area contributed by atoms with Crippen molar-refractivity contribution in [1.82, 2.24) is 9.78 Å². The molecule has 1 aliphatic rings. The largest absolute Gasteiger partial charge is 0.477 e. The van der Waals surface area contributed by atoms with E-state index in [0.29, 0.717) is 29.3 Å². The Hall–Kier alpha value is -2.48. The number of nitro groups is 1. The van der Waals surface area contributed by atoms with E-state index in [1.54, 1.807) is 10.9 Å². The van der Waals surface area contributed by atoms with Crippen molar-refractivity contribution >= 4 is 22.6 Å². The molecule has 1 saturated carbocycles. The summed E-state index contributed by atoms with van der Waals surface area (Å²) in [6.45, 7) is 0.934. The summed E-state index contributed by atoms with van der Waals surface area (Å²) in [5.74, 6) is -0.491. The lowest BCUT2D eigenvalue weighted by Crippen LogP contribution is -2.21. The van der Waals surface area contributed by atoms with E-state index in [1.807, 2.05) is 0 Å². The molecular weight excluding hydrogens is 314 g/mol. The molecule has 0 spiro atoms. The summed E-state index contributed by atoms with van der Waals surface area (Å²) < 4.78 is 1.74. The average Bonchev–Trinajstić information content (AvgIpc) is 2.95. The zero-order valence-electron chi connectivity index (χ0n) is 13.1. The Morgan fingerprint density at radius 1 is 1.29 bits per heavy atom. The number of hydrogen-bond donors (Lipinski definition) is 2. The molecule has 128 valence electrons. The third-order valence-corrected chi connectivity index (χ3v) is 4.77. The molecule has 1 aromatic carbocycles. The summed E-state index contributed by atoms with van der Waals surface area (Å²) in [6.07, 6.45) is 5.75. The molecule has 8 nitrogen and oxygen atoms in total. The van der Waals surface area contributed by atoms with Gasteiger partial charge in [0.2, 0.25) is 0 Å². The van der Waals surface area contributed by atoms with E-state index in [9.17, 15) is 20.0 Å². The second kappa shape index (κ2) is 6.56. The van der Waals surface area contributed by atoms with Crippen LogP contribution >= 0.6 is 0 Å². The van der Waals surface area contributed by atoms with Gasteiger partial charge < -0.3 is 10.2 Å². The first kappa shape index (κ1) is 16.4. The lowest BCUT2D eigenvalue weighted by Gasteiger charge is -2.27. The van der Waals surface area contributed by atoms with E-state index < -0.39 is 16.6 Å². The van der Waals surface area contributed by atoms with Crippen LogP contribution < -0.4 is 0 Å². The van der Waals surface area contributed by atoms with Crippen LogP contribution in [0.25, 0.3) is 10.9 Å². The number of benzene rings is 1. The van der Waals surface area contributed by atoms with Gasteiger partial charge in [-0.2, -0.15) is 5.10 Å². The number of carbonyl (C=O) groups is 1. The zero-order valence-corrected chi connectivity index (χ0v) is 13.1. The number of aliphatic hydroxyl groups excluding tert-OH is 1. The first-order chi connectivity index (χ1) is 11.5. The van der Waals surface area contributed by atoms with Gasteiger partial charge in [0.25, 0.3) is 5.69 Å². The van der Waals surface area contributed by atoms with E-state index >= 15 is 0 Å². The first-order valence-electron chi connectivity index (χ1n) is 7.97. The number of carboxylic acid groups (broad SMARTS) is 1. The fraction of sp³-hybridized carbons (Fsp3) is 0.500. The fourth-order valence-electron chi connectivity index (χ4n) is 3.39. The minimum absolute atomic E-state index is 0.236. The van der Waals surface area contributed by atoms with E-state index in [2.05, 4.69) is 5.10 Å². The summed E-state index contributed by atoms with van der Waals surface area (Å²) in [4.78, 5) is 21.6. The third kappa shape index (κ3) is 3.23. The van der Waals surface area contributed by atoms with Gasteiger partial charge in [0.1, 0.15) is 5.56 Å². The maximum Gasteiger partial charge on any atom is 0.342 e. The lowest BCUT2D eigenvalue weighted by atomic mass is 9.82. The molecule has 24 heavy (non-hydrogen) atoms. The third-order valence-electron chi connectivity index (χ3n) is 4.77. The molecular formula is C16H19N3O5. The average molecular weight is 333 g/mol. The van der Waals surface area contributed by atoms with Crippen molar-refractivity contribution in [3.8, 4) is 0 Å². The van der Waals surface area contributed by atoms with Crippen LogP contribution in [0, 0.1) is 22.0 Å². The van der Waals surface area contributed by atoms with E-state index in [1.165, 1.54) is 12.1 Å². The predicted octanol–water partition coefficient (Wildman–Crippen LogP) is 2.44. The quantitative estimate of drug-likeness (QED) is 0.641. The number of carboxylic acids is 1. The van der Waals surface area contributed by atoms with Crippen LogP contribution in [0.2, 0.25) is 0 Å². The van der Waals surface area contributed by atoms with Crippen LogP contribution in [-0.2, 0) is 6.54 Å². The molecule has 0 bridgehead atoms. The second-order valence-corrected chi connectivity index (χ2v) is 6.41. The number of rotatable bonds is 5. The molecule has 3 rings (SSSR count). The lowest BCUT2D eigenvalue weighted by molar-refractivity contribution is -0.385. The van der Waals surface area contributed by atoms with Crippen molar-refractivity contribution in [2.45, 2.75) is 32.2 Å². The Morgan fingerprint density at radius 2 is 1.96 bits per heavy atom. The minimum atomic E-state index is -1.33. The molecule has 0 amide bonds. The van der Waals surface area contributed by atoms with Crippen molar-refractivity contribution in [1.29, 1.82) is 0 Å². The minimum Gasteiger partial charge on any atom is -0.477 e. The maximum absolute atomic E-state index is 11.2. The summed E-state index contributed by atoms with van der Waals surface area (Å²) in [6, 6.07) is 2.53. The highest BCUT2D eigenvalue weighted by molar-refractivity contribution is 5.98. The Balaban J connectivity index is 1.83. The van der Waals surface area contributed by atoms with Crippen molar-refractivity contribution in [2.75, 3.05) is 6.61 Å². The van der Waals surface area contributed by atoms with Crippen LogP contribution in [0.1, 0.15) is 36.0 Å². The van der Waals surface area contributed by atoms with Gasteiger partial charge >= 0.3 is 5.97 Å². The molecule has 1 aliphatic carbocycles. The van der Waals surface area contributed by atoms with Gasteiger partial charge in [0.05, 0.1) is 10.4 Å². The highest BCUT2D eigenvalue weighted by Gasteiger charge is 2.24. The molecule has 1 fully saturated rings. The molecule has 1 heterocycles. The summed E-state index contributed by atoms with van der Waals surface area (Å²) in [5, 5.41) is 34.3. The Kier molecular flexibility index (Phi) is 4.48. The van der Waals surface area contributed by atoms with Gasteiger partial charge in [-0.3, -0.25) is 14.8 Å². The van der Waals surface area contributed by atoms with Gasteiger partial charge in [-0.25, -0.2) is 4.79 Å². The van der Waals surface area contributed by atoms with Crippen LogP contribution in [-0.4, -0.2) is 37.5 Å². The number of fused-ring (bicyclic) bond motifs is 1. The summed E-state index contributed by atoms with van der Waals surface area (Å²) in [7, 11) is 0. The Labute approximate surface area is 137 Å². The van der Waals surface area contributed by atoms with Crippen molar-refractivity contribution < 1.29 is 19.9 Å². The Bertz CT molecular complexity index is 726. The molecule has 8 heteroatoms. The second-order valence-electron chi connectivity index (χ2n) is 6.41. The number of aromatic carboxylic acids is 1. The smallest absolute Gasteiger partial charge is 0.342 e. The van der Waals surface area contributed by atoms with Gasteiger partial charge in [-0.15, -0.1) is 0 Å². The Morgan fingerprint density at radius 3 is 2.54 bits per heavy atom. The van der Waals surface area contributed by atoms with Crippen molar-refractivity contribution in [3.05, 3.63) is 34.0 Å². The molecule has 2 N–H and O–H groups in total. The highest BCUT2D eigenvalue weighted by Crippen LogP contribution is 2.30. The number of nitrogens with zero attached hydrogens (tertiary/aromatic N) is 3. The molecule has 0 saturated heterocycles. The number of aromatic nitrogens is 2. The number of aliphatic hydroxyl groups is 1. The van der Waals surface area contributed by atoms with E-state index in [0.717, 1.165) is 25.7 Å². The normalized spacial score (nSPS) is 21.0. The van der Waals surface area contributed by atoms with E-state index in [-0.39, 0.29) is 12.2 Å². The van der Waals surface area contributed by atoms with Gasteiger partial charge in [-0.1, -0.05) is 0 Å². The number of nitro benzene ring substituents is 1. The molecule has 0 unspecified atom stereocenters. The maximum atomic E-state index is 11.2. The topological polar surface area (TPSA) is 118 Å². The molecule has 0 aliphatic heterocycles. The highest BCUT2D eigenvalue weighted by atomic mass is 16.6. The van der Waals surface area contributed by atoms with Crippen LogP contribution in [0.4, 0.5) is 5.69 Å². The van der Waals surface area contributed by atoms with Crippen LogP contribution in [0.3, 0.4) is 0 Å². The van der Waals surface area contributed by atoms with Gasteiger partial charge in [0.15, 0.2) is 0 Å². The zero-order chi connectivity index (χ0) is 17.3. The van der Waals surface area contributed by atoms with Crippen LogP contribution in [0.5, 0.6) is 0 Å². The first-order valence-corrected chi connectivity index (χ1v) is 7.97. The molecule has 1 aromatic heterocycles. The van der Waals surface area contributed by atoms with Gasteiger partial charge in [-0.05, 0) is 43.6 Å². The molecule has 0 radical (unpaired) electrons. The molecule has 0 atom stereocenters. The fourth-order valence-corrected chi connectivity index (χ4v) is 3.39. The van der Waals surface area contributed by atoms with Crippen molar-refractivity contribution in [3.63, 3.8) is 0 Å². The number of hydrogen-bond acceptors (Lipinski definition) is 5. The van der Waals surface area contributed by atoms with Crippen molar-refractivity contribution in [2.24, 2.45) is 11.8 Å². The standard InChI is InChI=1S/C16H19N3O5/c20-9-11-3-1-10(2-4-11)7-18-8-12-5-15(19(23)24)13(16(21)22)6-14(12)17-18/h5-6,8,10-11,20H,1-4,7,9H2,(H,21,22). The SMILES string of the molecule is O=C(O)c1cc2nn(CC3CCC(CO)CC3)cc2cc1[N+](=O)[O-]. The monoisotopic (exact) mass is 333 g/mol. The van der Waals surface area contributed by atoms with Crippen LogP contribution in [0.15, 0.2) is 18.3 Å².